The highest BCUT2D eigenvalue weighted by atomic mass is 16.2. The number of rotatable bonds is 6. The third-order valence-electron chi connectivity index (χ3n) is 4.48. The molecule has 1 heterocycles. The van der Waals surface area contributed by atoms with Gasteiger partial charge < -0.3 is 16.4 Å². The summed E-state index contributed by atoms with van der Waals surface area (Å²) in [4.78, 5) is 37.0. The average molecular weight is 354 g/mol. The molecular formula is C19H22N4O3. The van der Waals surface area contributed by atoms with Gasteiger partial charge in [-0.25, -0.2) is 0 Å². The molecule has 26 heavy (non-hydrogen) atoms. The van der Waals surface area contributed by atoms with E-state index in [4.69, 9.17) is 5.73 Å². The van der Waals surface area contributed by atoms with Crippen LogP contribution in [0.3, 0.4) is 0 Å². The lowest BCUT2D eigenvalue weighted by Gasteiger charge is -2.34. The number of nitrogens with zero attached hydrogens (tertiary/aromatic N) is 1. The van der Waals surface area contributed by atoms with E-state index in [1.165, 1.54) is 0 Å². The van der Waals surface area contributed by atoms with Gasteiger partial charge in [-0.2, -0.15) is 0 Å². The lowest BCUT2D eigenvalue weighted by Crippen LogP contribution is -2.56. The molecule has 0 saturated carbocycles. The van der Waals surface area contributed by atoms with Crippen molar-refractivity contribution in [3.05, 3.63) is 48.0 Å². The first kappa shape index (κ1) is 17.9. The van der Waals surface area contributed by atoms with E-state index in [0.717, 1.165) is 16.3 Å². The zero-order valence-corrected chi connectivity index (χ0v) is 14.4. The Labute approximate surface area is 151 Å². The molecule has 7 heteroatoms. The number of amides is 3. The summed E-state index contributed by atoms with van der Waals surface area (Å²) < 4.78 is 0. The molecule has 0 spiro atoms. The number of benzene rings is 2. The Bertz CT molecular complexity index is 836. The van der Waals surface area contributed by atoms with Crippen LogP contribution in [0, 0.1) is 0 Å². The van der Waals surface area contributed by atoms with Crippen molar-refractivity contribution in [3.63, 3.8) is 0 Å². The summed E-state index contributed by atoms with van der Waals surface area (Å²) in [5.41, 5.74) is 6.12. The molecule has 0 bridgehead atoms. The highest BCUT2D eigenvalue weighted by molar-refractivity contribution is 5.90. The van der Waals surface area contributed by atoms with Crippen LogP contribution in [0.25, 0.3) is 10.8 Å². The second-order valence-corrected chi connectivity index (χ2v) is 6.41. The number of hydrogen-bond acceptors (Lipinski definition) is 4. The first-order valence-corrected chi connectivity index (χ1v) is 8.57. The van der Waals surface area contributed by atoms with Crippen molar-refractivity contribution >= 4 is 28.5 Å². The highest BCUT2D eigenvalue weighted by Gasteiger charge is 2.31. The summed E-state index contributed by atoms with van der Waals surface area (Å²) in [7, 11) is 0. The maximum Gasteiger partial charge on any atom is 0.237 e. The van der Waals surface area contributed by atoms with Gasteiger partial charge in [0, 0.05) is 19.6 Å². The molecule has 0 radical (unpaired) electrons. The maximum absolute atomic E-state index is 12.3. The Morgan fingerprint density at radius 3 is 2.73 bits per heavy atom. The molecule has 3 rings (SSSR count). The smallest absolute Gasteiger partial charge is 0.237 e. The Kier molecular flexibility index (Phi) is 5.48. The fraction of sp³-hybridized carbons (Fsp3) is 0.316. The van der Waals surface area contributed by atoms with Gasteiger partial charge in [0.1, 0.15) is 0 Å². The molecule has 4 N–H and O–H groups in total. The van der Waals surface area contributed by atoms with Crippen molar-refractivity contribution in [2.75, 3.05) is 19.6 Å². The predicted molar refractivity (Wildman–Crippen MR) is 98.0 cm³/mol. The molecule has 7 nitrogen and oxygen atoms in total. The summed E-state index contributed by atoms with van der Waals surface area (Å²) in [5, 5.41) is 7.54. The van der Waals surface area contributed by atoms with Crippen LogP contribution in [0.2, 0.25) is 0 Å². The van der Waals surface area contributed by atoms with Crippen LogP contribution in [0.1, 0.15) is 12.0 Å². The van der Waals surface area contributed by atoms with Gasteiger partial charge >= 0.3 is 0 Å². The van der Waals surface area contributed by atoms with Gasteiger partial charge in [0.15, 0.2) is 0 Å². The third kappa shape index (κ3) is 4.37. The number of nitrogens with one attached hydrogen (secondary N) is 2. The Morgan fingerprint density at radius 1 is 1.19 bits per heavy atom. The summed E-state index contributed by atoms with van der Waals surface area (Å²) in [6, 6.07) is 13.7. The minimum atomic E-state index is -0.612. The van der Waals surface area contributed by atoms with E-state index in [0.29, 0.717) is 19.6 Å². The molecule has 136 valence electrons. The molecule has 1 aliphatic heterocycles. The molecule has 1 saturated heterocycles. The Morgan fingerprint density at radius 2 is 1.96 bits per heavy atom. The molecule has 3 amide bonds. The lowest BCUT2D eigenvalue weighted by molar-refractivity contribution is -0.134. The summed E-state index contributed by atoms with van der Waals surface area (Å²) in [5.74, 6) is -1.15. The Balaban J connectivity index is 1.71. The van der Waals surface area contributed by atoms with Gasteiger partial charge in [-0.1, -0.05) is 36.4 Å². The average Bonchev–Trinajstić information content (AvgIpc) is 2.63. The molecule has 0 aliphatic carbocycles. The van der Waals surface area contributed by atoms with E-state index in [1.807, 2.05) is 23.1 Å². The van der Waals surface area contributed by atoms with Crippen LogP contribution < -0.4 is 16.4 Å². The topological polar surface area (TPSA) is 105 Å². The molecular weight excluding hydrogens is 332 g/mol. The second-order valence-electron chi connectivity index (χ2n) is 6.41. The molecule has 1 aliphatic rings. The van der Waals surface area contributed by atoms with Gasteiger partial charge in [0.05, 0.1) is 19.0 Å². The zero-order chi connectivity index (χ0) is 18.5. The van der Waals surface area contributed by atoms with Gasteiger partial charge in [-0.3, -0.25) is 19.3 Å². The fourth-order valence-corrected chi connectivity index (χ4v) is 3.18. The van der Waals surface area contributed by atoms with Crippen molar-refractivity contribution in [3.8, 4) is 0 Å². The lowest BCUT2D eigenvalue weighted by atomic mass is 10.0. The number of piperazine rings is 1. The van der Waals surface area contributed by atoms with Gasteiger partial charge in [-0.05, 0) is 22.4 Å². The first-order chi connectivity index (χ1) is 12.5. The monoisotopic (exact) mass is 354 g/mol. The fourth-order valence-electron chi connectivity index (χ4n) is 3.18. The quantitative estimate of drug-likeness (QED) is 0.686. The van der Waals surface area contributed by atoms with Gasteiger partial charge in [0.2, 0.25) is 17.7 Å². The molecule has 0 unspecified atom stereocenters. The van der Waals surface area contributed by atoms with Crippen molar-refractivity contribution in [2.45, 2.75) is 19.0 Å². The number of primary amides is 1. The molecule has 1 fully saturated rings. The SMILES string of the molecule is NC(=O)CNC(=O)C[C@H]1C(=O)NCCN1Cc1ccc2ccccc2c1. The van der Waals surface area contributed by atoms with Crippen LogP contribution in [0.5, 0.6) is 0 Å². The molecule has 1 atom stereocenters. The van der Waals surface area contributed by atoms with Crippen LogP contribution >= 0.6 is 0 Å². The van der Waals surface area contributed by atoms with Crippen LogP contribution in [-0.4, -0.2) is 48.3 Å². The van der Waals surface area contributed by atoms with Crippen LogP contribution in [0.4, 0.5) is 0 Å². The minimum Gasteiger partial charge on any atom is -0.368 e. The van der Waals surface area contributed by atoms with E-state index >= 15 is 0 Å². The minimum absolute atomic E-state index is 0.00725. The van der Waals surface area contributed by atoms with E-state index in [2.05, 4.69) is 34.9 Å². The predicted octanol–water partition coefficient (Wildman–Crippen LogP) is 0.132. The second kappa shape index (κ2) is 7.97. The van der Waals surface area contributed by atoms with E-state index in [1.54, 1.807) is 0 Å². The number of fused-ring (bicyclic) bond motifs is 1. The summed E-state index contributed by atoms with van der Waals surface area (Å²) >= 11 is 0. The molecule has 2 aromatic carbocycles. The van der Waals surface area contributed by atoms with E-state index in [-0.39, 0.29) is 24.8 Å². The number of carbonyl (C=O) groups is 3. The van der Waals surface area contributed by atoms with Crippen molar-refractivity contribution in [1.29, 1.82) is 0 Å². The molecule has 0 aromatic heterocycles. The summed E-state index contributed by atoms with van der Waals surface area (Å²) in [6.45, 7) is 1.56. The van der Waals surface area contributed by atoms with Gasteiger partial charge in [0.25, 0.3) is 0 Å². The van der Waals surface area contributed by atoms with E-state index < -0.39 is 11.9 Å². The third-order valence-corrected chi connectivity index (χ3v) is 4.48. The van der Waals surface area contributed by atoms with Crippen molar-refractivity contribution in [2.24, 2.45) is 5.73 Å². The van der Waals surface area contributed by atoms with E-state index in [9.17, 15) is 14.4 Å². The van der Waals surface area contributed by atoms with Crippen LogP contribution in [0.15, 0.2) is 42.5 Å². The van der Waals surface area contributed by atoms with Crippen molar-refractivity contribution in [1.82, 2.24) is 15.5 Å². The van der Waals surface area contributed by atoms with Crippen molar-refractivity contribution < 1.29 is 14.4 Å². The zero-order valence-electron chi connectivity index (χ0n) is 14.4. The number of nitrogens with two attached hydrogens (primary N) is 1. The Hall–Kier alpha value is -2.93. The number of hydrogen-bond donors (Lipinski definition) is 3. The maximum atomic E-state index is 12.3. The van der Waals surface area contributed by atoms with Crippen LogP contribution in [-0.2, 0) is 20.9 Å². The molecule has 2 aromatic rings. The normalized spacial score (nSPS) is 17.7. The largest absolute Gasteiger partial charge is 0.368 e. The number of carbonyl (C=O) groups excluding carboxylic acids is 3. The first-order valence-electron chi connectivity index (χ1n) is 8.57. The highest BCUT2D eigenvalue weighted by Crippen LogP contribution is 2.19. The standard InChI is InChI=1S/C19H22N4O3/c20-17(24)11-22-18(25)10-16-19(26)21-7-8-23(16)12-13-5-6-14-3-1-2-4-15(14)9-13/h1-6,9,16H,7-8,10-12H2,(H2,20,24)(H,21,26)(H,22,25)/t16-/m0/s1. The summed E-state index contributed by atoms with van der Waals surface area (Å²) in [6.07, 6.45) is -0.00725. The van der Waals surface area contributed by atoms with Gasteiger partial charge in [-0.15, -0.1) is 0 Å².